The molecule has 2 rings (SSSR count). The Morgan fingerprint density at radius 3 is 1.76 bits per heavy atom. The van der Waals surface area contributed by atoms with Crippen molar-refractivity contribution >= 4 is 11.5 Å². The summed E-state index contributed by atoms with van der Waals surface area (Å²) in [6.07, 6.45) is 5.36. The van der Waals surface area contributed by atoms with Crippen LogP contribution >= 0.6 is 0 Å². The molecular weight excluding hydrogens is 258 g/mol. The predicted octanol–water partition coefficient (Wildman–Crippen LogP) is 3.76. The Morgan fingerprint density at radius 1 is 0.857 bits per heavy atom. The molecule has 0 spiro atoms. The van der Waals surface area contributed by atoms with Crippen molar-refractivity contribution in [3.05, 3.63) is 90.0 Å². The Balaban J connectivity index is 2.36. The quantitative estimate of drug-likeness (QED) is 0.615. The van der Waals surface area contributed by atoms with Gasteiger partial charge >= 0.3 is 0 Å². The molecule has 0 saturated carbocycles. The average Bonchev–Trinajstić information content (AvgIpc) is 2.53. The fraction of sp³-hybridized carbons (Fsp3) is 0.105. The van der Waals surface area contributed by atoms with Crippen LogP contribution in [-0.4, -0.2) is 24.9 Å². The maximum absolute atomic E-state index is 11.6. The van der Waals surface area contributed by atoms with E-state index in [1.807, 2.05) is 42.5 Å². The molecule has 0 fully saturated rings. The smallest absolute Gasteiger partial charge is 0.246 e. The molecule has 0 aliphatic rings. The van der Waals surface area contributed by atoms with Crippen molar-refractivity contribution in [2.75, 3.05) is 14.1 Å². The van der Waals surface area contributed by atoms with Crippen molar-refractivity contribution in [2.45, 2.75) is 0 Å². The molecule has 0 N–H and O–H groups in total. The van der Waals surface area contributed by atoms with Crippen LogP contribution in [0.4, 0.5) is 0 Å². The van der Waals surface area contributed by atoms with Gasteiger partial charge in [-0.3, -0.25) is 4.79 Å². The fourth-order valence-electron chi connectivity index (χ4n) is 1.97. The summed E-state index contributed by atoms with van der Waals surface area (Å²) < 4.78 is 0. The third kappa shape index (κ3) is 4.18. The van der Waals surface area contributed by atoms with Gasteiger partial charge in [-0.05, 0) is 16.7 Å². The number of rotatable bonds is 4. The van der Waals surface area contributed by atoms with Gasteiger partial charge in [0.15, 0.2) is 0 Å². The van der Waals surface area contributed by atoms with Crippen LogP contribution < -0.4 is 0 Å². The van der Waals surface area contributed by atoms with Crippen LogP contribution in [0.3, 0.4) is 0 Å². The second-order valence-electron chi connectivity index (χ2n) is 4.90. The number of carbonyl (C=O) groups is 1. The summed E-state index contributed by atoms with van der Waals surface area (Å²) in [4.78, 5) is 13.2. The topological polar surface area (TPSA) is 20.3 Å². The van der Waals surface area contributed by atoms with E-state index < -0.39 is 0 Å². The molecule has 0 aliphatic carbocycles. The van der Waals surface area contributed by atoms with E-state index in [-0.39, 0.29) is 5.91 Å². The van der Waals surface area contributed by atoms with Crippen LogP contribution in [0.15, 0.2) is 78.9 Å². The van der Waals surface area contributed by atoms with Crippen molar-refractivity contribution in [1.82, 2.24) is 4.90 Å². The zero-order valence-corrected chi connectivity index (χ0v) is 12.4. The van der Waals surface area contributed by atoms with E-state index in [1.54, 1.807) is 31.1 Å². The summed E-state index contributed by atoms with van der Waals surface area (Å²) in [6, 6.07) is 20.3. The van der Waals surface area contributed by atoms with E-state index in [2.05, 4.69) is 24.3 Å². The van der Waals surface area contributed by atoms with E-state index in [4.69, 9.17) is 0 Å². The highest BCUT2D eigenvalue weighted by atomic mass is 16.2. The number of hydrogen-bond acceptors (Lipinski definition) is 1. The molecule has 0 radical (unpaired) electrons. The molecule has 2 aromatic carbocycles. The highest BCUT2D eigenvalue weighted by molar-refractivity contribution is 5.88. The molecule has 0 aromatic heterocycles. The van der Waals surface area contributed by atoms with Gasteiger partial charge in [-0.25, -0.2) is 0 Å². The highest BCUT2D eigenvalue weighted by Crippen LogP contribution is 2.23. The van der Waals surface area contributed by atoms with Crippen LogP contribution in [0.25, 0.3) is 5.57 Å². The zero-order valence-electron chi connectivity index (χ0n) is 12.4. The lowest BCUT2D eigenvalue weighted by atomic mass is 9.97. The Kier molecular flexibility index (Phi) is 5.10. The molecule has 0 saturated heterocycles. The van der Waals surface area contributed by atoms with Crippen molar-refractivity contribution in [1.29, 1.82) is 0 Å². The molecule has 106 valence electrons. The normalized spacial score (nSPS) is 10.4. The minimum Gasteiger partial charge on any atom is -0.345 e. The number of amides is 1. The van der Waals surface area contributed by atoms with Crippen LogP contribution in [-0.2, 0) is 4.79 Å². The van der Waals surface area contributed by atoms with Gasteiger partial charge in [-0.1, -0.05) is 72.8 Å². The maximum Gasteiger partial charge on any atom is 0.246 e. The first-order valence-corrected chi connectivity index (χ1v) is 6.89. The molecule has 0 heterocycles. The van der Waals surface area contributed by atoms with Gasteiger partial charge < -0.3 is 4.90 Å². The highest BCUT2D eigenvalue weighted by Gasteiger charge is 2.03. The molecule has 1 amide bonds. The number of likely N-dealkylation sites (N-methyl/N-ethyl adjacent to an activating group) is 1. The summed E-state index contributed by atoms with van der Waals surface area (Å²) in [6.45, 7) is 0. The van der Waals surface area contributed by atoms with Crippen molar-refractivity contribution < 1.29 is 4.79 Å². The van der Waals surface area contributed by atoms with Crippen molar-refractivity contribution in [2.24, 2.45) is 0 Å². The Morgan fingerprint density at radius 2 is 1.33 bits per heavy atom. The number of allylic oxidation sites excluding steroid dienone is 2. The molecule has 21 heavy (non-hydrogen) atoms. The monoisotopic (exact) mass is 277 g/mol. The molecule has 2 nitrogen and oxygen atoms in total. The maximum atomic E-state index is 11.6. The second-order valence-corrected chi connectivity index (χ2v) is 4.90. The lowest BCUT2D eigenvalue weighted by Crippen LogP contribution is -2.18. The minimum atomic E-state index is -0.0216. The third-order valence-corrected chi connectivity index (χ3v) is 3.11. The van der Waals surface area contributed by atoms with Crippen LogP contribution in [0.5, 0.6) is 0 Å². The van der Waals surface area contributed by atoms with E-state index >= 15 is 0 Å². The Hall–Kier alpha value is -2.61. The van der Waals surface area contributed by atoms with Gasteiger partial charge in [-0.15, -0.1) is 0 Å². The van der Waals surface area contributed by atoms with Gasteiger partial charge in [0, 0.05) is 20.2 Å². The molecule has 2 aromatic rings. The minimum absolute atomic E-state index is 0.0216. The van der Waals surface area contributed by atoms with Crippen molar-refractivity contribution in [3.63, 3.8) is 0 Å². The fourth-order valence-corrected chi connectivity index (χ4v) is 1.97. The number of nitrogens with zero attached hydrogens (tertiary/aromatic N) is 1. The van der Waals surface area contributed by atoms with Gasteiger partial charge in [0.2, 0.25) is 5.91 Å². The predicted molar refractivity (Wildman–Crippen MR) is 87.8 cm³/mol. The summed E-state index contributed by atoms with van der Waals surface area (Å²) >= 11 is 0. The van der Waals surface area contributed by atoms with Crippen LogP contribution in [0.2, 0.25) is 0 Å². The third-order valence-electron chi connectivity index (χ3n) is 3.11. The van der Waals surface area contributed by atoms with Gasteiger partial charge in [0.05, 0.1) is 0 Å². The number of benzene rings is 2. The SMILES string of the molecule is CN(C)C(=O)/C=C/C=C(c1ccccc1)c1ccccc1. The molecule has 0 unspecified atom stereocenters. The van der Waals surface area contributed by atoms with E-state index in [1.165, 1.54) is 0 Å². The summed E-state index contributed by atoms with van der Waals surface area (Å²) in [7, 11) is 3.48. The van der Waals surface area contributed by atoms with E-state index in [0.717, 1.165) is 16.7 Å². The summed E-state index contributed by atoms with van der Waals surface area (Å²) in [5.41, 5.74) is 3.36. The molecular formula is C19H19NO. The first kappa shape index (κ1) is 14.8. The van der Waals surface area contributed by atoms with Crippen molar-refractivity contribution in [3.8, 4) is 0 Å². The standard InChI is InChI=1S/C19H19NO/c1-20(2)19(21)15-9-14-18(16-10-5-3-6-11-16)17-12-7-4-8-13-17/h3-15H,1-2H3/b15-9+. The average molecular weight is 277 g/mol. The Labute approximate surface area is 126 Å². The first-order valence-electron chi connectivity index (χ1n) is 6.89. The molecule has 2 heteroatoms. The van der Waals surface area contributed by atoms with E-state index in [9.17, 15) is 4.79 Å². The van der Waals surface area contributed by atoms with Gasteiger partial charge in [-0.2, -0.15) is 0 Å². The van der Waals surface area contributed by atoms with Crippen LogP contribution in [0.1, 0.15) is 11.1 Å². The zero-order chi connectivity index (χ0) is 15.1. The van der Waals surface area contributed by atoms with Crippen LogP contribution in [0, 0.1) is 0 Å². The largest absolute Gasteiger partial charge is 0.345 e. The summed E-state index contributed by atoms with van der Waals surface area (Å²) in [5, 5.41) is 0. The molecule has 0 bridgehead atoms. The summed E-state index contributed by atoms with van der Waals surface area (Å²) in [5.74, 6) is -0.0216. The second kappa shape index (κ2) is 7.25. The lowest BCUT2D eigenvalue weighted by molar-refractivity contribution is -0.123. The molecule has 0 aliphatic heterocycles. The Bertz CT molecular complexity index is 598. The van der Waals surface area contributed by atoms with E-state index in [0.29, 0.717) is 0 Å². The number of carbonyl (C=O) groups excluding carboxylic acids is 1. The van der Waals surface area contributed by atoms with Gasteiger partial charge in [0.1, 0.15) is 0 Å². The first-order chi connectivity index (χ1) is 10.2. The lowest BCUT2D eigenvalue weighted by Gasteiger charge is -2.08. The number of hydrogen-bond donors (Lipinski definition) is 0. The van der Waals surface area contributed by atoms with Gasteiger partial charge in [0.25, 0.3) is 0 Å². The molecule has 0 atom stereocenters.